The molecule has 3 heterocycles. The molecular weight excluding hydrogens is 278 g/mol. The van der Waals surface area contributed by atoms with E-state index in [0.717, 1.165) is 29.9 Å². The number of hydrogen-bond acceptors (Lipinski definition) is 3. The lowest BCUT2D eigenvalue weighted by Crippen LogP contribution is -2.25. The number of hydrogen-bond donors (Lipinski definition) is 1. The smallest absolute Gasteiger partial charge is 0.271 e. The summed E-state index contributed by atoms with van der Waals surface area (Å²) in [5.41, 5.74) is 3.52. The van der Waals surface area contributed by atoms with E-state index in [9.17, 15) is 4.79 Å². The summed E-state index contributed by atoms with van der Waals surface area (Å²) in [6, 6.07) is 9.57. The fourth-order valence-corrected chi connectivity index (χ4v) is 2.47. The van der Waals surface area contributed by atoms with Crippen LogP contribution in [0.3, 0.4) is 0 Å². The fraction of sp³-hybridized carbons (Fsp3) is 0.312. The molecule has 0 aliphatic heterocycles. The van der Waals surface area contributed by atoms with Gasteiger partial charge in [0.25, 0.3) is 5.91 Å². The minimum absolute atomic E-state index is 0.142. The SMILES string of the molecule is Cc1cc(C)n(CCCNC(=O)c2cc3ccccn3n2)n1. The molecule has 6 heteroatoms. The summed E-state index contributed by atoms with van der Waals surface area (Å²) in [5.74, 6) is -0.142. The number of nitrogens with zero attached hydrogens (tertiary/aromatic N) is 4. The van der Waals surface area contributed by atoms with Gasteiger partial charge in [0.15, 0.2) is 5.69 Å². The first-order valence-electron chi connectivity index (χ1n) is 7.37. The van der Waals surface area contributed by atoms with Crippen molar-refractivity contribution in [2.24, 2.45) is 0 Å². The zero-order chi connectivity index (χ0) is 15.5. The van der Waals surface area contributed by atoms with E-state index in [-0.39, 0.29) is 5.91 Å². The molecule has 1 N–H and O–H groups in total. The molecule has 3 aromatic heterocycles. The third-order valence-electron chi connectivity index (χ3n) is 3.54. The van der Waals surface area contributed by atoms with Gasteiger partial charge in [0.05, 0.1) is 11.2 Å². The average Bonchev–Trinajstić information content (AvgIpc) is 3.06. The van der Waals surface area contributed by atoms with Crippen LogP contribution in [0.2, 0.25) is 0 Å². The van der Waals surface area contributed by atoms with Crippen LogP contribution in [-0.2, 0) is 6.54 Å². The van der Waals surface area contributed by atoms with Gasteiger partial charge in [-0.15, -0.1) is 0 Å². The maximum absolute atomic E-state index is 12.1. The molecule has 3 aromatic rings. The molecular formula is C16H19N5O. The van der Waals surface area contributed by atoms with Gasteiger partial charge in [0.1, 0.15) is 0 Å². The highest BCUT2D eigenvalue weighted by molar-refractivity contribution is 5.93. The molecule has 0 bridgehead atoms. The first-order valence-corrected chi connectivity index (χ1v) is 7.37. The lowest BCUT2D eigenvalue weighted by atomic mass is 10.3. The van der Waals surface area contributed by atoms with Crippen molar-refractivity contribution in [3.63, 3.8) is 0 Å². The number of amides is 1. The molecule has 114 valence electrons. The number of nitrogens with one attached hydrogen (secondary N) is 1. The van der Waals surface area contributed by atoms with E-state index in [1.807, 2.05) is 42.9 Å². The van der Waals surface area contributed by atoms with Crippen molar-refractivity contribution in [2.45, 2.75) is 26.8 Å². The lowest BCUT2D eigenvalue weighted by molar-refractivity contribution is 0.0947. The Balaban J connectivity index is 1.53. The van der Waals surface area contributed by atoms with Gasteiger partial charge in [0.2, 0.25) is 0 Å². The Hall–Kier alpha value is -2.63. The van der Waals surface area contributed by atoms with Crippen LogP contribution in [0.4, 0.5) is 0 Å². The lowest BCUT2D eigenvalue weighted by Gasteiger charge is -2.05. The topological polar surface area (TPSA) is 64.2 Å². The second-order valence-electron chi connectivity index (χ2n) is 5.36. The molecule has 1 amide bonds. The van der Waals surface area contributed by atoms with Crippen molar-refractivity contribution >= 4 is 11.4 Å². The van der Waals surface area contributed by atoms with Crippen molar-refractivity contribution < 1.29 is 4.79 Å². The largest absolute Gasteiger partial charge is 0.351 e. The van der Waals surface area contributed by atoms with Crippen LogP contribution in [0, 0.1) is 13.8 Å². The van der Waals surface area contributed by atoms with Crippen LogP contribution in [0.1, 0.15) is 28.3 Å². The molecule has 0 radical (unpaired) electrons. The highest BCUT2D eigenvalue weighted by Gasteiger charge is 2.10. The Morgan fingerprint density at radius 3 is 2.82 bits per heavy atom. The van der Waals surface area contributed by atoms with Gasteiger partial charge < -0.3 is 5.32 Å². The summed E-state index contributed by atoms with van der Waals surface area (Å²) in [6.07, 6.45) is 2.66. The van der Waals surface area contributed by atoms with E-state index in [4.69, 9.17) is 0 Å². The first-order chi connectivity index (χ1) is 10.6. The molecule has 22 heavy (non-hydrogen) atoms. The van der Waals surface area contributed by atoms with Crippen molar-refractivity contribution in [1.29, 1.82) is 0 Å². The predicted molar refractivity (Wildman–Crippen MR) is 83.8 cm³/mol. The quantitative estimate of drug-likeness (QED) is 0.732. The Labute approximate surface area is 128 Å². The monoisotopic (exact) mass is 297 g/mol. The Morgan fingerprint density at radius 2 is 2.09 bits per heavy atom. The van der Waals surface area contributed by atoms with Crippen molar-refractivity contribution in [1.82, 2.24) is 24.7 Å². The molecule has 0 unspecified atom stereocenters. The molecule has 0 spiro atoms. The highest BCUT2D eigenvalue weighted by Crippen LogP contribution is 2.06. The number of pyridine rings is 1. The fourth-order valence-electron chi connectivity index (χ4n) is 2.47. The number of rotatable bonds is 5. The van der Waals surface area contributed by atoms with Crippen molar-refractivity contribution in [2.75, 3.05) is 6.54 Å². The Morgan fingerprint density at radius 1 is 1.23 bits per heavy atom. The zero-order valence-corrected chi connectivity index (χ0v) is 12.8. The summed E-state index contributed by atoms with van der Waals surface area (Å²) in [5, 5.41) is 11.6. The molecule has 0 aromatic carbocycles. The molecule has 0 saturated carbocycles. The van der Waals surface area contributed by atoms with Crippen LogP contribution in [0.5, 0.6) is 0 Å². The normalized spacial score (nSPS) is 11.0. The Kier molecular flexibility index (Phi) is 3.91. The third kappa shape index (κ3) is 3.00. The van der Waals surface area contributed by atoms with E-state index in [0.29, 0.717) is 12.2 Å². The number of carbonyl (C=O) groups is 1. The Bertz CT molecular complexity index is 769. The van der Waals surface area contributed by atoms with Gasteiger partial charge in [0, 0.05) is 25.0 Å². The summed E-state index contributed by atoms with van der Waals surface area (Å²) in [4.78, 5) is 12.1. The molecule has 0 fully saturated rings. The minimum atomic E-state index is -0.142. The maximum Gasteiger partial charge on any atom is 0.271 e. The summed E-state index contributed by atoms with van der Waals surface area (Å²) in [6.45, 7) is 5.42. The maximum atomic E-state index is 12.1. The van der Waals surface area contributed by atoms with Gasteiger partial charge in [-0.3, -0.25) is 9.48 Å². The van der Waals surface area contributed by atoms with Crippen LogP contribution >= 0.6 is 0 Å². The molecule has 0 atom stereocenters. The minimum Gasteiger partial charge on any atom is -0.351 e. The highest BCUT2D eigenvalue weighted by atomic mass is 16.1. The first kappa shape index (κ1) is 14.3. The number of carbonyl (C=O) groups excluding carboxylic acids is 1. The zero-order valence-electron chi connectivity index (χ0n) is 12.8. The van der Waals surface area contributed by atoms with E-state index >= 15 is 0 Å². The van der Waals surface area contributed by atoms with Crippen LogP contribution < -0.4 is 5.32 Å². The molecule has 0 aliphatic carbocycles. The average molecular weight is 297 g/mol. The molecule has 3 rings (SSSR count). The molecule has 6 nitrogen and oxygen atoms in total. The van der Waals surface area contributed by atoms with Gasteiger partial charge in [-0.05, 0) is 44.5 Å². The van der Waals surface area contributed by atoms with Gasteiger partial charge >= 0.3 is 0 Å². The van der Waals surface area contributed by atoms with E-state index in [1.54, 1.807) is 10.6 Å². The predicted octanol–water partition coefficient (Wildman–Crippen LogP) is 1.97. The van der Waals surface area contributed by atoms with Gasteiger partial charge in [-0.25, -0.2) is 4.52 Å². The van der Waals surface area contributed by atoms with Gasteiger partial charge in [-0.1, -0.05) is 6.07 Å². The second-order valence-corrected chi connectivity index (χ2v) is 5.36. The van der Waals surface area contributed by atoms with Crippen LogP contribution in [-0.4, -0.2) is 31.8 Å². The van der Waals surface area contributed by atoms with Gasteiger partial charge in [-0.2, -0.15) is 10.2 Å². The van der Waals surface area contributed by atoms with E-state index < -0.39 is 0 Å². The number of aryl methyl sites for hydroxylation is 3. The van der Waals surface area contributed by atoms with Crippen LogP contribution in [0.15, 0.2) is 36.5 Å². The van der Waals surface area contributed by atoms with E-state index in [1.165, 1.54) is 0 Å². The second kappa shape index (κ2) is 6.01. The summed E-state index contributed by atoms with van der Waals surface area (Å²) in [7, 11) is 0. The van der Waals surface area contributed by atoms with Crippen LogP contribution in [0.25, 0.3) is 5.52 Å². The third-order valence-corrected chi connectivity index (χ3v) is 3.54. The number of aromatic nitrogens is 4. The van der Waals surface area contributed by atoms with E-state index in [2.05, 4.69) is 21.6 Å². The standard InChI is InChI=1S/C16H19N5O/c1-12-10-13(2)20(18-12)9-5-7-17-16(22)15-11-14-6-3-4-8-21(14)19-15/h3-4,6,8,10-11H,5,7,9H2,1-2H3,(H,17,22). The number of fused-ring (bicyclic) bond motifs is 1. The summed E-state index contributed by atoms with van der Waals surface area (Å²) >= 11 is 0. The van der Waals surface area contributed by atoms with Crippen molar-refractivity contribution in [3.05, 3.63) is 53.6 Å². The van der Waals surface area contributed by atoms with Crippen molar-refractivity contribution in [3.8, 4) is 0 Å². The molecule has 0 aliphatic rings. The molecule has 0 saturated heterocycles. The summed E-state index contributed by atoms with van der Waals surface area (Å²) < 4.78 is 3.66.